The summed E-state index contributed by atoms with van der Waals surface area (Å²) in [7, 11) is 6.10. The van der Waals surface area contributed by atoms with Gasteiger partial charge in [0.25, 0.3) is 11.8 Å². The summed E-state index contributed by atoms with van der Waals surface area (Å²) < 4.78 is 22.3. The molecule has 1 aliphatic rings. The van der Waals surface area contributed by atoms with E-state index in [1.165, 1.54) is 26.3 Å². The zero-order chi connectivity index (χ0) is 23.3. The van der Waals surface area contributed by atoms with Gasteiger partial charge in [-0.05, 0) is 53.6 Å². The molecule has 8 nitrogen and oxygen atoms in total. The number of imide groups is 1. The van der Waals surface area contributed by atoms with Crippen LogP contribution >= 0.6 is 22.6 Å². The quantitative estimate of drug-likeness (QED) is 0.365. The summed E-state index contributed by atoms with van der Waals surface area (Å²) in [5.41, 5.74) is 0.707. The van der Waals surface area contributed by atoms with Gasteiger partial charge in [0.05, 0.1) is 43.1 Å². The Morgan fingerprint density at radius 2 is 1.72 bits per heavy atom. The molecule has 2 amide bonds. The zero-order valence-electron chi connectivity index (χ0n) is 18.6. The zero-order valence-corrected chi connectivity index (χ0v) is 20.7. The van der Waals surface area contributed by atoms with Crippen LogP contribution in [0, 0.1) is 3.57 Å². The van der Waals surface area contributed by atoms with Gasteiger partial charge in [0.2, 0.25) is 5.75 Å². The maximum atomic E-state index is 13.9. The standard InChI is InChI=1S/C23H27IN2O6/c1-29-14-16-11-8-12-25(16)26(22(27)15-9-6-5-7-10-15)23(28)17-13-18(30-2)20(31-3)21(32-4)19(17)24/h5-7,9-10,13,16H,8,11-12,14H2,1-4H3/t16-/m0/s1. The van der Waals surface area contributed by atoms with Crippen LogP contribution in [0.15, 0.2) is 36.4 Å². The SMILES string of the molecule is COC[C@@H]1CCCN1N(C(=O)c1ccccc1)C(=O)c1cc(OC)c(OC)c(OC)c1I. The highest BCUT2D eigenvalue weighted by molar-refractivity contribution is 14.1. The van der Waals surface area contributed by atoms with E-state index in [2.05, 4.69) is 0 Å². The topological polar surface area (TPSA) is 77.5 Å². The highest BCUT2D eigenvalue weighted by Crippen LogP contribution is 2.43. The van der Waals surface area contributed by atoms with Gasteiger partial charge in [0, 0.05) is 19.2 Å². The Balaban J connectivity index is 2.13. The third-order valence-electron chi connectivity index (χ3n) is 5.37. The molecular weight excluding hydrogens is 527 g/mol. The molecule has 0 radical (unpaired) electrons. The number of hydrogen-bond donors (Lipinski definition) is 0. The van der Waals surface area contributed by atoms with Gasteiger partial charge in [-0.3, -0.25) is 9.59 Å². The summed E-state index contributed by atoms with van der Waals surface area (Å²) in [6, 6.07) is 10.3. The number of halogens is 1. The van der Waals surface area contributed by atoms with Crippen molar-refractivity contribution in [1.82, 2.24) is 10.0 Å². The van der Waals surface area contributed by atoms with Gasteiger partial charge in [-0.1, -0.05) is 18.2 Å². The van der Waals surface area contributed by atoms with Crippen LogP contribution in [0.25, 0.3) is 0 Å². The Morgan fingerprint density at radius 3 is 2.31 bits per heavy atom. The van der Waals surface area contributed by atoms with E-state index in [1.807, 2.05) is 28.7 Å². The van der Waals surface area contributed by atoms with Gasteiger partial charge in [-0.25, -0.2) is 10.0 Å². The van der Waals surface area contributed by atoms with E-state index >= 15 is 0 Å². The maximum Gasteiger partial charge on any atom is 0.276 e. The van der Waals surface area contributed by atoms with Crippen molar-refractivity contribution in [3.63, 3.8) is 0 Å². The molecule has 1 aliphatic heterocycles. The molecule has 0 bridgehead atoms. The molecule has 0 unspecified atom stereocenters. The van der Waals surface area contributed by atoms with Gasteiger partial charge in [-0.15, -0.1) is 0 Å². The number of nitrogens with zero attached hydrogens (tertiary/aromatic N) is 2. The summed E-state index contributed by atoms with van der Waals surface area (Å²) in [4.78, 5) is 27.5. The minimum atomic E-state index is -0.467. The normalized spacial score (nSPS) is 16.0. The number of carbonyl (C=O) groups excluding carboxylic acids is 2. The van der Waals surface area contributed by atoms with Gasteiger partial charge >= 0.3 is 0 Å². The monoisotopic (exact) mass is 554 g/mol. The number of hydrogen-bond acceptors (Lipinski definition) is 7. The van der Waals surface area contributed by atoms with Gasteiger partial charge in [0.15, 0.2) is 11.5 Å². The van der Waals surface area contributed by atoms with E-state index < -0.39 is 11.8 Å². The molecule has 9 heteroatoms. The Hall–Kier alpha value is -2.37. The van der Waals surface area contributed by atoms with Crippen LogP contribution in [0.1, 0.15) is 33.6 Å². The van der Waals surface area contributed by atoms with E-state index in [0.717, 1.165) is 12.8 Å². The van der Waals surface area contributed by atoms with Crippen molar-refractivity contribution in [3.8, 4) is 17.2 Å². The summed E-state index contributed by atoms with van der Waals surface area (Å²) in [5, 5.41) is 3.04. The first-order valence-corrected chi connectivity index (χ1v) is 11.2. The second-order valence-corrected chi connectivity index (χ2v) is 8.29. The fraction of sp³-hybridized carbons (Fsp3) is 0.391. The predicted octanol–water partition coefficient (Wildman–Crippen LogP) is 3.63. The van der Waals surface area contributed by atoms with Crippen LogP contribution in [0.2, 0.25) is 0 Å². The fourth-order valence-corrected chi connectivity index (χ4v) is 4.72. The summed E-state index contributed by atoms with van der Waals surface area (Å²) in [6.07, 6.45) is 1.68. The lowest BCUT2D eigenvalue weighted by molar-refractivity contribution is -0.0235. The molecule has 32 heavy (non-hydrogen) atoms. The maximum absolute atomic E-state index is 13.9. The van der Waals surface area contributed by atoms with E-state index in [1.54, 1.807) is 42.5 Å². The molecule has 0 spiro atoms. The first-order valence-electron chi connectivity index (χ1n) is 10.2. The summed E-state index contributed by atoms with van der Waals surface area (Å²) >= 11 is 2.03. The first-order chi connectivity index (χ1) is 15.5. The average Bonchev–Trinajstić information content (AvgIpc) is 3.27. The van der Waals surface area contributed by atoms with E-state index in [0.29, 0.717) is 39.5 Å². The van der Waals surface area contributed by atoms with Crippen LogP contribution in [0.3, 0.4) is 0 Å². The average molecular weight is 554 g/mol. The smallest absolute Gasteiger partial charge is 0.276 e. The summed E-state index contributed by atoms with van der Waals surface area (Å²) in [5.74, 6) is 0.233. The minimum absolute atomic E-state index is 0.0867. The number of methoxy groups -OCH3 is 4. The highest BCUT2D eigenvalue weighted by Gasteiger charge is 2.38. The third kappa shape index (κ3) is 4.69. The molecule has 1 saturated heterocycles. The number of benzene rings is 2. The first kappa shape index (κ1) is 24.3. The number of hydrazine groups is 1. The second-order valence-electron chi connectivity index (χ2n) is 7.21. The van der Waals surface area contributed by atoms with E-state index in [9.17, 15) is 9.59 Å². The Kier molecular flexibility index (Phi) is 8.32. The molecular formula is C23H27IN2O6. The van der Waals surface area contributed by atoms with Crippen LogP contribution < -0.4 is 14.2 Å². The van der Waals surface area contributed by atoms with Crippen LogP contribution in [0.5, 0.6) is 17.2 Å². The van der Waals surface area contributed by atoms with Crippen LogP contribution in [-0.2, 0) is 4.74 Å². The largest absolute Gasteiger partial charge is 0.493 e. The second kappa shape index (κ2) is 11.0. The number of amides is 2. The fourth-order valence-electron chi connectivity index (χ4n) is 3.86. The lowest BCUT2D eigenvalue weighted by Crippen LogP contribution is -2.53. The van der Waals surface area contributed by atoms with Crippen LogP contribution in [-0.4, -0.2) is 69.5 Å². The molecule has 2 aromatic rings. The molecule has 1 heterocycles. The van der Waals surface area contributed by atoms with E-state index in [-0.39, 0.29) is 11.6 Å². The van der Waals surface area contributed by atoms with Crippen molar-refractivity contribution in [2.45, 2.75) is 18.9 Å². The number of ether oxygens (including phenoxy) is 4. The molecule has 1 fully saturated rings. The molecule has 172 valence electrons. The van der Waals surface area contributed by atoms with Crippen molar-refractivity contribution < 1.29 is 28.5 Å². The van der Waals surface area contributed by atoms with Crippen LogP contribution in [0.4, 0.5) is 0 Å². The van der Waals surface area contributed by atoms with Crippen molar-refractivity contribution in [2.24, 2.45) is 0 Å². The highest BCUT2D eigenvalue weighted by atomic mass is 127. The minimum Gasteiger partial charge on any atom is -0.493 e. The molecule has 0 aliphatic carbocycles. The number of rotatable bonds is 8. The van der Waals surface area contributed by atoms with Crippen molar-refractivity contribution >= 4 is 34.4 Å². The number of carbonyl (C=O) groups is 2. The lowest BCUT2D eigenvalue weighted by Gasteiger charge is -2.34. The third-order valence-corrected chi connectivity index (χ3v) is 6.44. The Labute approximate surface area is 201 Å². The molecule has 0 saturated carbocycles. The molecule has 2 aromatic carbocycles. The lowest BCUT2D eigenvalue weighted by atomic mass is 10.1. The Bertz CT molecular complexity index is 969. The summed E-state index contributed by atoms with van der Waals surface area (Å²) in [6.45, 7) is 0.984. The molecule has 1 atom stereocenters. The molecule has 0 aromatic heterocycles. The Morgan fingerprint density at radius 1 is 1.03 bits per heavy atom. The van der Waals surface area contributed by atoms with Crippen molar-refractivity contribution in [2.75, 3.05) is 41.6 Å². The van der Waals surface area contributed by atoms with Gasteiger partial charge in [0.1, 0.15) is 0 Å². The molecule has 0 N–H and O–H groups in total. The molecule has 3 rings (SSSR count). The predicted molar refractivity (Wildman–Crippen MR) is 127 cm³/mol. The van der Waals surface area contributed by atoms with Crippen molar-refractivity contribution in [1.29, 1.82) is 0 Å². The van der Waals surface area contributed by atoms with Crippen molar-refractivity contribution in [3.05, 3.63) is 51.1 Å². The van der Waals surface area contributed by atoms with E-state index in [4.69, 9.17) is 18.9 Å². The van der Waals surface area contributed by atoms with Gasteiger partial charge < -0.3 is 18.9 Å². The van der Waals surface area contributed by atoms with Gasteiger partial charge in [-0.2, -0.15) is 0 Å².